The van der Waals surface area contributed by atoms with Gasteiger partial charge in [-0.2, -0.15) is 5.26 Å². The van der Waals surface area contributed by atoms with Gasteiger partial charge in [0.25, 0.3) is 0 Å². The number of rotatable bonds is 9. The third-order valence-electron chi connectivity index (χ3n) is 12.5. The topological polar surface area (TPSA) is 84.2 Å². The van der Waals surface area contributed by atoms with Crippen LogP contribution in [0.3, 0.4) is 0 Å². The molecule has 0 radical (unpaired) electrons. The van der Waals surface area contributed by atoms with Gasteiger partial charge in [-0.05, 0) is 105 Å². The zero-order valence-corrected chi connectivity index (χ0v) is 28.5. The Morgan fingerprint density at radius 1 is 1.10 bits per heavy atom. The molecule has 3 aliphatic rings. The molecular formula is C37H57NO4. The highest BCUT2D eigenvalue weighted by Crippen LogP contribution is 2.67. The van der Waals surface area contributed by atoms with Gasteiger partial charge in [-0.25, -0.2) is 0 Å². The minimum absolute atomic E-state index is 0.00422. The predicted molar refractivity (Wildman–Crippen MR) is 168 cm³/mol. The molecule has 3 rings (SSSR count). The minimum atomic E-state index is -0.683. The van der Waals surface area contributed by atoms with E-state index < -0.39 is 10.8 Å². The molecule has 0 aromatic heterocycles. The summed E-state index contributed by atoms with van der Waals surface area (Å²) in [5, 5.41) is 9.94. The first-order chi connectivity index (χ1) is 19.2. The fraction of sp³-hybridized carbons (Fsp3) is 0.784. The molecule has 42 heavy (non-hydrogen) atoms. The smallest absolute Gasteiger partial charge is 0.305 e. The van der Waals surface area contributed by atoms with Gasteiger partial charge in [0.1, 0.15) is 6.07 Å². The minimum Gasteiger partial charge on any atom is -0.466 e. The molecule has 0 aliphatic heterocycles. The summed E-state index contributed by atoms with van der Waals surface area (Å²) in [4.78, 5) is 38.6. The number of ether oxygens (including phenoxy) is 1. The van der Waals surface area contributed by atoms with Crippen LogP contribution in [-0.4, -0.2) is 24.1 Å². The first-order valence-corrected chi connectivity index (χ1v) is 16.3. The number of Topliss-reactive ketones (excluding diaryl/α,β-unsaturated/α-hetero) is 1. The van der Waals surface area contributed by atoms with Gasteiger partial charge in [0.15, 0.2) is 11.6 Å². The summed E-state index contributed by atoms with van der Waals surface area (Å²) in [5.41, 5.74) is -0.0832. The zero-order chi connectivity index (χ0) is 31.9. The Labute approximate surface area is 255 Å². The number of fused-ring (bicyclic) bond motifs is 1. The summed E-state index contributed by atoms with van der Waals surface area (Å²) in [6, 6.07) is 2.19. The molecule has 0 aromatic carbocycles. The lowest BCUT2D eigenvalue weighted by Crippen LogP contribution is -2.56. The van der Waals surface area contributed by atoms with Crippen molar-refractivity contribution in [1.82, 2.24) is 0 Å². The fourth-order valence-electron chi connectivity index (χ4n) is 9.38. The maximum absolute atomic E-state index is 13.3. The number of carbonyl (C=O) groups excluding carboxylic acids is 3. The molecule has 0 spiro atoms. The SMILES string of the molecule is CCOC(=O)CC[C@]1(CCC(C)(C)[C@]2(C)CC[C@H]3C(C)(C)C(=O)C(C#N)=C[C@]3(C)/C2=C/C(C)=O)CCC(C)(C)CC1C. The predicted octanol–water partition coefficient (Wildman–Crippen LogP) is 8.97. The van der Waals surface area contributed by atoms with E-state index in [0.29, 0.717) is 24.4 Å². The van der Waals surface area contributed by atoms with Crippen LogP contribution in [0.15, 0.2) is 23.3 Å². The third kappa shape index (κ3) is 6.07. The van der Waals surface area contributed by atoms with E-state index in [2.05, 4.69) is 54.5 Å². The molecule has 0 bridgehead atoms. The fourth-order valence-corrected chi connectivity index (χ4v) is 9.38. The second kappa shape index (κ2) is 11.7. The Kier molecular flexibility index (Phi) is 9.55. The van der Waals surface area contributed by atoms with E-state index in [1.807, 2.05) is 32.9 Å². The number of esters is 1. The van der Waals surface area contributed by atoms with E-state index in [1.54, 1.807) is 6.92 Å². The lowest BCUT2D eigenvalue weighted by atomic mass is 9.42. The highest BCUT2D eigenvalue weighted by molar-refractivity contribution is 6.04. The van der Waals surface area contributed by atoms with E-state index >= 15 is 0 Å². The summed E-state index contributed by atoms with van der Waals surface area (Å²) >= 11 is 0. The molecule has 5 atom stereocenters. The van der Waals surface area contributed by atoms with Crippen molar-refractivity contribution in [2.45, 2.75) is 134 Å². The second-order valence-corrected chi connectivity index (χ2v) is 16.4. The second-order valence-electron chi connectivity index (χ2n) is 16.4. The summed E-state index contributed by atoms with van der Waals surface area (Å²) < 4.78 is 5.33. The summed E-state index contributed by atoms with van der Waals surface area (Å²) in [6.45, 7) is 24.1. The molecule has 3 aliphatic carbocycles. The molecule has 0 N–H and O–H groups in total. The van der Waals surface area contributed by atoms with E-state index in [0.717, 1.165) is 56.9 Å². The van der Waals surface area contributed by atoms with Crippen molar-refractivity contribution in [3.05, 3.63) is 23.3 Å². The lowest BCUT2D eigenvalue weighted by Gasteiger charge is -2.61. The summed E-state index contributed by atoms with van der Waals surface area (Å²) in [5.74, 6) is 0.319. The van der Waals surface area contributed by atoms with Crippen LogP contribution < -0.4 is 0 Å². The molecule has 2 fully saturated rings. The van der Waals surface area contributed by atoms with Crippen molar-refractivity contribution in [1.29, 1.82) is 5.26 Å². The van der Waals surface area contributed by atoms with Crippen LogP contribution in [0.5, 0.6) is 0 Å². The van der Waals surface area contributed by atoms with Crippen LogP contribution in [0.25, 0.3) is 0 Å². The number of hydrogen-bond donors (Lipinski definition) is 0. The van der Waals surface area contributed by atoms with E-state index in [4.69, 9.17) is 4.74 Å². The summed E-state index contributed by atoms with van der Waals surface area (Å²) in [6.07, 6.45) is 12.1. The van der Waals surface area contributed by atoms with Crippen molar-refractivity contribution in [2.24, 2.45) is 44.3 Å². The number of allylic oxidation sites excluding steroid dienone is 4. The standard InChI is InChI=1S/C37H57NO4/c1-12-42-30(40)14-16-37(19-17-32(4,5)22-25(37)2)20-18-33(6,7)36(11)15-13-28-34(8,9)31(41)27(24-38)23-35(28,10)29(36)21-26(3)39/h21,23,25,28H,12-20,22H2,1-11H3/b29-21-/t25?,28-,35-,36+,37+/m0/s1. The molecule has 5 nitrogen and oxygen atoms in total. The maximum Gasteiger partial charge on any atom is 0.305 e. The van der Waals surface area contributed by atoms with Crippen LogP contribution in [0.2, 0.25) is 0 Å². The van der Waals surface area contributed by atoms with Gasteiger partial charge in [-0.15, -0.1) is 0 Å². The van der Waals surface area contributed by atoms with Crippen molar-refractivity contribution in [2.75, 3.05) is 6.61 Å². The third-order valence-corrected chi connectivity index (χ3v) is 12.5. The summed E-state index contributed by atoms with van der Waals surface area (Å²) in [7, 11) is 0. The van der Waals surface area contributed by atoms with Crippen LogP contribution >= 0.6 is 0 Å². The van der Waals surface area contributed by atoms with Crippen molar-refractivity contribution < 1.29 is 19.1 Å². The Hall–Kier alpha value is -2.22. The average molecular weight is 580 g/mol. The van der Waals surface area contributed by atoms with E-state index in [1.165, 1.54) is 0 Å². The van der Waals surface area contributed by atoms with Crippen LogP contribution in [0, 0.1) is 55.7 Å². The Morgan fingerprint density at radius 3 is 2.29 bits per heavy atom. The lowest BCUT2D eigenvalue weighted by molar-refractivity contribution is -0.144. The molecule has 0 saturated heterocycles. The Bertz CT molecular complexity index is 1200. The molecule has 0 aromatic rings. The van der Waals surface area contributed by atoms with Crippen LogP contribution in [-0.2, 0) is 19.1 Å². The normalized spacial score (nSPS) is 35.1. The molecule has 234 valence electrons. The van der Waals surface area contributed by atoms with Crippen LogP contribution in [0.4, 0.5) is 0 Å². The molecule has 2 saturated carbocycles. The van der Waals surface area contributed by atoms with Gasteiger partial charge < -0.3 is 4.74 Å². The maximum atomic E-state index is 13.3. The molecule has 5 heteroatoms. The number of nitrogens with zero attached hydrogens (tertiary/aromatic N) is 1. The Balaban J connectivity index is 2.03. The quantitative estimate of drug-likeness (QED) is 0.201. The van der Waals surface area contributed by atoms with Crippen LogP contribution in [0.1, 0.15) is 134 Å². The molecule has 1 unspecified atom stereocenters. The number of ketones is 2. The van der Waals surface area contributed by atoms with Gasteiger partial charge >= 0.3 is 5.97 Å². The first-order valence-electron chi connectivity index (χ1n) is 16.3. The first kappa shape index (κ1) is 34.3. The molecular weight excluding hydrogens is 522 g/mol. The van der Waals surface area contributed by atoms with E-state index in [9.17, 15) is 19.6 Å². The van der Waals surface area contributed by atoms with Crippen molar-refractivity contribution in [3.8, 4) is 6.07 Å². The van der Waals surface area contributed by atoms with Gasteiger partial charge in [-0.3, -0.25) is 14.4 Å². The number of nitriles is 1. The van der Waals surface area contributed by atoms with Gasteiger partial charge in [0, 0.05) is 17.3 Å². The Morgan fingerprint density at radius 2 is 1.74 bits per heavy atom. The van der Waals surface area contributed by atoms with Crippen molar-refractivity contribution in [3.63, 3.8) is 0 Å². The largest absolute Gasteiger partial charge is 0.466 e. The van der Waals surface area contributed by atoms with Gasteiger partial charge in [-0.1, -0.05) is 74.0 Å². The average Bonchev–Trinajstić information content (AvgIpc) is 2.87. The number of carbonyl (C=O) groups is 3. The van der Waals surface area contributed by atoms with Crippen molar-refractivity contribution >= 4 is 17.5 Å². The zero-order valence-electron chi connectivity index (χ0n) is 28.5. The number of hydrogen-bond acceptors (Lipinski definition) is 5. The van der Waals surface area contributed by atoms with Gasteiger partial charge in [0.05, 0.1) is 12.2 Å². The highest BCUT2D eigenvalue weighted by Gasteiger charge is 2.61. The highest BCUT2D eigenvalue weighted by atomic mass is 16.5. The molecule has 0 amide bonds. The van der Waals surface area contributed by atoms with E-state index in [-0.39, 0.29) is 45.3 Å². The monoisotopic (exact) mass is 579 g/mol. The van der Waals surface area contributed by atoms with Gasteiger partial charge in [0.2, 0.25) is 0 Å². The molecule has 0 heterocycles.